The van der Waals surface area contributed by atoms with Gasteiger partial charge in [0.15, 0.2) is 0 Å². The maximum atomic E-state index is 13.0. The highest BCUT2D eigenvalue weighted by Crippen LogP contribution is 2.38. The Morgan fingerprint density at radius 3 is 1.42 bits per heavy atom. The lowest BCUT2D eigenvalue weighted by Gasteiger charge is -2.31. The molecule has 4 atom stereocenters. The smallest absolute Gasteiger partial charge is 0.268 e. The van der Waals surface area contributed by atoms with Crippen molar-refractivity contribution in [1.82, 2.24) is 5.32 Å². The number of likely N-dealkylation sites (N-methyl/N-ethyl adjacent to an activating group) is 1. The highest BCUT2D eigenvalue weighted by atomic mass is 31.2. The van der Waals surface area contributed by atoms with Crippen LogP contribution in [-0.4, -0.2) is 79.8 Å². The van der Waals surface area contributed by atoms with Gasteiger partial charge in [-0.2, -0.15) is 0 Å². The van der Waals surface area contributed by atoms with Gasteiger partial charge in [0.1, 0.15) is 19.3 Å². The molecule has 1 amide bonds. The SMILES string of the molecule is CCCCC/C=C/CC/C=C/CCCC(O)C(O)C(COP(=O)([O-])OCC[N+](C)(C)C)NC(=O)CCCCCCCCCCCCCCCCCCC/C=C\C/C=C\CCCCCCC. The van der Waals surface area contributed by atoms with Gasteiger partial charge in [0.25, 0.3) is 7.82 Å². The third kappa shape index (κ3) is 47.3. The molecule has 0 radical (unpaired) electrons. The highest BCUT2D eigenvalue weighted by Gasteiger charge is 2.29. The van der Waals surface area contributed by atoms with E-state index in [1.165, 1.54) is 148 Å². The molecule has 10 heteroatoms. The number of carbonyl (C=O) groups excluding carboxylic acids is 1. The molecule has 0 rings (SSSR count). The first kappa shape index (κ1) is 63.4. The molecule has 0 aromatic carbocycles. The summed E-state index contributed by atoms with van der Waals surface area (Å²) in [6.45, 7) is 4.37. The Kier molecular flexibility index (Phi) is 45.0. The van der Waals surface area contributed by atoms with Gasteiger partial charge in [0, 0.05) is 6.42 Å². The monoisotopic (exact) mass is 937 g/mol. The molecule has 65 heavy (non-hydrogen) atoms. The number of allylic oxidation sites excluding steroid dienone is 8. The molecule has 0 aliphatic heterocycles. The van der Waals surface area contributed by atoms with Crippen LogP contribution in [0.3, 0.4) is 0 Å². The van der Waals surface area contributed by atoms with Gasteiger partial charge in [0.2, 0.25) is 5.91 Å². The predicted molar refractivity (Wildman–Crippen MR) is 276 cm³/mol. The Morgan fingerprint density at radius 2 is 0.938 bits per heavy atom. The summed E-state index contributed by atoms with van der Waals surface area (Å²) in [6.07, 6.45) is 56.1. The van der Waals surface area contributed by atoms with Gasteiger partial charge in [0.05, 0.1) is 39.9 Å². The number of unbranched alkanes of at least 4 members (excludes halogenated alkanes) is 27. The van der Waals surface area contributed by atoms with Crippen molar-refractivity contribution in [2.24, 2.45) is 0 Å². The van der Waals surface area contributed by atoms with Crippen molar-refractivity contribution >= 4 is 13.7 Å². The standard InChI is InChI=1S/C55H105N2O7P/c1-6-8-10-12-14-16-18-20-21-22-23-24-25-26-27-28-29-30-31-32-33-34-35-36-38-40-42-44-46-48-54(59)56-52(51-64-65(61,62)63-50-49-57(3,4)5)55(60)53(58)47-45-43-41-39-37-19-17-15-13-11-9-7-2/h15,17-18,20,22-23,39,41,52-53,55,58,60H,6-14,16,19,21,24-38,40,42-51H2,1-5H3,(H-,56,59,61,62)/b17-15+,20-18-,23-22-,41-39+. The number of carbonyl (C=O) groups is 1. The van der Waals surface area contributed by atoms with Gasteiger partial charge in [-0.15, -0.1) is 0 Å². The van der Waals surface area contributed by atoms with E-state index in [0.717, 1.165) is 51.4 Å². The maximum absolute atomic E-state index is 13.0. The van der Waals surface area contributed by atoms with Gasteiger partial charge in [-0.1, -0.05) is 197 Å². The van der Waals surface area contributed by atoms with E-state index in [2.05, 4.69) is 67.8 Å². The zero-order chi connectivity index (χ0) is 48.0. The molecule has 0 aliphatic carbocycles. The lowest BCUT2D eigenvalue weighted by molar-refractivity contribution is -0.870. The van der Waals surface area contributed by atoms with E-state index in [1.807, 2.05) is 21.1 Å². The zero-order valence-corrected chi connectivity index (χ0v) is 43.9. The minimum Gasteiger partial charge on any atom is -0.756 e. The molecule has 0 heterocycles. The van der Waals surface area contributed by atoms with Crippen LogP contribution < -0.4 is 10.2 Å². The Hall–Kier alpha value is -1.58. The fourth-order valence-electron chi connectivity index (χ4n) is 7.77. The molecule has 0 saturated carbocycles. The number of hydrogen-bond donors (Lipinski definition) is 3. The molecule has 3 N–H and O–H groups in total. The molecule has 0 bridgehead atoms. The van der Waals surface area contributed by atoms with Crippen molar-refractivity contribution in [3.8, 4) is 0 Å². The average Bonchev–Trinajstić information content (AvgIpc) is 3.26. The molecule has 0 saturated heterocycles. The number of amides is 1. The second-order valence-corrected chi connectivity index (χ2v) is 21.1. The molecule has 4 unspecified atom stereocenters. The summed E-state index contributed by atoms with van der Waals surface area (Å²) in [7, 11) is 1.10. The van der Waals surface area contributed by atoms with Crippen molar-refractivity contribution in [1.29, 1.82) is 0 Å². The third-order valence-corrected chi connectivity index (χ3v) is 13.1. The molecular formula is C55H105N2O7P. The van der Waals surface area contributed by atoms with Crippen molar-refractivity contribution in [2.45, 2.75) is 257 Å². The first-order valence-corrected chi connectivity index (χ1v) is 28.5. The number of hydrogen-bond acceptors (Lipinski definition) is 7. The summed E-state index contributed by atoms with van der Waals surface area (Å²) in [4.78, 5) is 25.5. The largest absolute Gasteiger partial charge is 0.756 e. The fourth-order valence-corrected chi connectivity index (χ4v) is 8.49. The van der Waals surface area contributed by atoms with Crippen LogP contribution in [0.5, 0.6) is 0 Å². The summed E-state index contributed by atoms with van der Waals surface area (Å²) in [6, 6.07) is -1.10. The van der Waals surface area contributed by atoms with Gasteiger partial charge in [-0.25, -0.2) is 0 Å². The Morgan fingerprint density at radius 1 is 0.554 bits per heavy atom. The summed E-state index contributed by atoms with van der Waals surface area (Å²) in [5, 5.41) is 24.6. The number of phosphoric acid groups is 1. The zero-order valence-electron chi connectivity index (χ0n) is 43.1. The van der Waals surface area contributed by atoms with Crippen LogP contribution in [-0.2, 0) is 18.4 Å². The van der Waals surface area contributed by atoms with Crippen LogP contribution in [0.1, 0.15) is 239 Å². The average molecular weight is 937 g/mol. The first-order valence-electron chi connectivity index (χ1n) is 27.1. The molecule has 382 valence electrons. The van der Waals surface area contributed by atoms with Crippen LogP contribution in [0, 0.1) is 0 Å². The van der Waals surface area contributed by atoms with Crippen LogP contribution in [0.25, 0.3) is 0 Å². The van der Waals surface area contributed by atoms with E-state index in [4.69, 9.17) is 9.05 Å². The lowest BCUT2D eigenvalue weighted by Crippen LogP contribution is -2.51. The molecule has 9 nitrogen and oxygen atoms in total. The van der Waals surface area contributed by atoms with Gasteiger partial charge >= 0.3 is 0 Å². The number of aliphatic hydroxyl groups is 2. The molecule has 0 aromatic heterocycles. The van der Waals surface area contributed by atoms with Crippen molar-refractivity contribution in [3.05, 3.63) is 48.6 Å². The number of nitrogens with one attached hydrogen (secondary N) is 1. The maximum Gasteiger partial charge on any atom is 0.268 e. The quantitative estimate of drug-likeness (QED) is 0.0240. The topological polar surface area (TPSA) is 128 Å². The Labute approximate surface area is 402 Å². The highest BCUT2D eigenvalue weighted by molar-refractivity contribution is 7.45. The summed E-state index contributed by atoms with van der Waals surface area (Å²) < 4.78 is 23.2. The van der Waals surface area contributed by atoms with E-state index in [-0.39, 0.29) is 18.9 Å². The fraction of sp³-hybridized carbons (Fsp3) is 0.836. The predicted octanol–water partition coefficient (Wildman–Crippen LogP) is 14.3. The van der Waals surface area contributed by atoms with Crippen molar-refractivity contribution in [3.63, 3.8) is 0 Å². The summed E-state index contributed by atoms with van der Waals surface area (Å²) >= 11 is 0. The van der Waals surface area contributed by atoms with Crippen molar-refractivity contribution < 1.29 is 38.0 Å². The minimum atomic E-state index is -4.68. The molecule has 0 fully saturated rings. The number of quaternary nitrogens is 1. The third-order valence-electron chi connectivity index (χ3n) is 12.1. The normalized spacial score (nSPS) is 14.9. The van der Waals surface area contributed by atoms with E-state index in [9.17, 15) is 24.5 Å². The van der Waals surface area contributed by atoms with Crippen LogP contribution in [0.2, 0.25) is 0 Å². The van der Waals surface area contributed by atoms with Crippen molar-refractivity contribution in [2.75, 3.05) is 40.9 Å². The van der Waals surface area contributed by atoms with E-state index in [0.29, 0.717) is 30.3 Å². The Balaban J connectivity index is 4.19. The molecular weight excluding hydrogens is 832 g/mol. The summed E-state index contributed by atoms with van der Waals surface area (Å²) in [5.41, 5.74) is 0. The summed E-state index contributed by atoms with van der Waals surface area (Å²) in [5.74, 6) is -0.292. The van der Waals surface area contributed by atoms with Gasteiger partial charge in [-0.05, 0) is 83.5 Å². The second kappa shape index (κ2) is 46.2. The van der Waals surface area contributed by atoms with E-state index in [1.54, 1.807) is 0 Å². The number of rotatable bonds is 49. The van der Waals surface area contributed by atoms with Gasteiger partial charge in [-0.3, -0.25) is 9.36 Å². The van der Waals surface area contributed by atoms with Crippen LogP contribution >= 0.6 is 7.82 Å². The molecule has 0 spiro atoms. The minimum absolute atomic E-state index is 0.0490. The Bertz CT molecular complexity index is 1220. The first-order chi connectivity index (χ1) is 31.4. The van der Waals surface area contributed by atoms with Crippen LogP contribution in [0.15, 0.2) is 48.6 Å². The van der Waals surface area contributed by atoms with E-state index >= 15 is 0 Å². The number of phosphoric ester groups is 1. The van der Waals surface area contributed by atoms with Crippen LogP contribution in [0.4, 0.5) is 0 Å². The molecule has 0 aliphatic rings. The van der Waals surface area contributed by atoms with Gasteiger partial charge < -0.3 is 34.0 Å². The second-order valence-electron chi connectivity index (χ2n) is 19.7. The number of aliphatic hydroxyl groups excluding tert-OH is 2. The van der Waals surface area contributed by atoms with E-state index < -0.39 is 32.7 Å². The lowest BCUT2D eigenvalue weighted by atomic mass is 10.0. The molecule has 0 aromatic rings. The number of nitrogens with zero attached hydrogens (tertiary/aromatic N) is 1.